The van der Waals surface area contributed by atoms with E-state index in [1.54, 1.807) is 48.5 Å². The Morgan fingerprint density at radius 3 is 2.43 bits per heavy atom. The highest BCUT2D eigenvalue weighted by Crippen LogP contribution is 2.43. The average molecular weight is 418 g/mol. The maximum absolute atomic E-state index is 12.8. The molecule has 4 rings (SSSR count). The number of halogens is 1. The lowest BCUT2D eigenvalue weighted by Crippen LogP contribution is -2.13. The molecular weight excluding hydrogens is 402 g/mol. The van der Waals surface area contributed by atoms with Crippen molar-refractivity contribution >= 4 is 27.3 Å². The van der Waals surface area contributed by atoms with Crippen molar-refractivity contribution in [3.63, 3.8) is 0 Å². The van der Waals surface area contributed by atoms with Gasteiger partial charge in [0.2, 0.25) is 6.79 Å². The average Bonchev–Trinajstić information content (AvgIpc) is 3.15. The van der Waals surface area contributed by atoms with Gasteiger partial charge in [-0.2, -0.15) is 0 Å². The van der Waals surface area contributed by atoms with Crippen LogP contribution < -0.4 is 18.9 Å². The van der Waals surface area contributed by atoms with Crippen molar-refractivity contribution in [3.8, 4) is 28.4 Å². The van der Waals surface area contributed by atoms with Crippen LogP contribution in [0.15, 0.2) is 65.6 Å². The lowest BCUT2D eigenvalue weighted by atomic mass is 10.0. The highest BCUT2D eigenvalue weighted by molar-refractivity contribution is 7.92. The molecule has 6 nitrogen and oxygen atoms in total. The van der Waals surface area contributed by atoms with Gasteiger partial charge in [0.1, 0.15) is 5.75 Å². The van der Waals surface area contributed by atoms with Gasteiger partial charge in [0.25, 0.3) is 10.0 Å². The summed E-state index contributed by atoms with van der Waals surface area (Å²) >= 11 is 6.12. The molecule has 0 unspecified atom stereocenters. The topological polar surface area (TPSA) is 73.9 Å². The van der Waals surface area contributed by atoms with Crippen LogP contribution in [0.5, 0.6) is 17.2 Å². The molecular formula is C20H16ClNO5S. The zero-order chi connectivity index (χ0) is 19.7. The SMILES string of the molecule is COc1cc(-c2cc3c(cc2NS(=O)(=O)c2ccccc2)OCO3)ccc1Cl. The number of ether oxygens (including phenoxy) is 3. The Morgan fingerprint density at radius 1 is 1.00 bits per heavy atom. The van der Waals surface area contributed by atoms with Crippen molar-refractivity contribution in [2.45, 2.75) is 4.90 Å². The van der Waals surface area contributed by atoms with Gasteiger partial charge in [0, 0.05) is 11.6 Å². The lowest BCUT2D eigenvalue weighted by Gasteiger charge is -2.15. The van der Waals surface area contributed by atoms with E-state index in [1.165, 1.54) is 19.2 Å². The van der Waals surface area contributed by atoms with Gasteiger partial charge >= 0.3 is 0 Å². The summed E-state index contributed by atoms with van der Waals surface area (Å²) in [6.07, 6.45) is 0. The third-order valence-electron chi connectivity index (χ3n) is 4.27. The van der Waals surface area contributed by atoms with Crippen molar-refractivity contribution in [1.29, 1.82) is 0 Å². The van der Waals surface area contributed by atoms with Crippen LogP contribution in [0.3, 0.4) is 0 Å². The standard InChI is InChI=1S/C20H16ClNO5S/c1-25-18-9-13(7-8-16(18)21)15-10-19-20(27-12-26-19)11-17(15)22-28(23,24)14-5-3-2-4-6-14/h2-11,22H,12H2,1H3. The molecule has 1 aliphatic heterocycles. The molecule has 144 valence electrons. The highest BCUT2D eigenvalue weighted by atomic mass is 35.5. The summed E-state index contributed by atoms with van der Waals surface area (Å²) in [4.78, 5) is 0.160. The van der Waals surface area contributed by atoms with E-state index in [1.807, 2.05) is 0 Å². The van der Waals surface area contributed by atoms with Crippen LogP contribution in [-0.2, 0) is 10.0 Å². The Kier molecular flexibility index (Phi) is 4.78. The summed E-state index contributed by atoms with van der Waals surface area (Å²) < 4.78 is 44.5. The fourth-order valence-electron chi connectivity index (χ4n) is 2.90. The van der Waals surface area contributed by atoms with E-state index >= 15 is 0 Å². The largest absolute Gasteiger partial charge is 0.495 e. The van der Waals surface area contributed by atoms with E-state index in [-0.39, 0.29) is 11.7 Å². The van der Waals surface area contributed by atoms with Gasteiger partial charge in [-0.3, -0.25) is 4.72 Å². The molecule has 1 heterocycles. The molecule has 0 aliphatic carbocycles. The first kappa shape index (κ1) is 18.5. The molecule has 0 saturated heterocycles. The summed E-state index contributed by atoms with van der Waals surface area (Å²) in [7, 11) is -2.27. The molecule has 0 radical (unpaired) electrons. The van der Waals surface area contributed by atoms with Crippen molar-refractivity contribution in [1.82, 2.24) is 0 Å². The number of sulfonamides is 1. The van der Waals surface area contributed by atoms with Crippen molar-refractivity contribution in [2.75, 3.05) is 18.6 Å². The normalized spacial score (nSPS) is 12.6. The molecule has 3 aromatic rings. The minimum absolute atomic E-state index is 0.0770. The van der Waals surface area contributed by atoms with Crippen LogP contribution in [0.2, 0.25) is 5.02 Å². The van der Waals surface area contributed by atoms with Gasteiger partial charge in [0.15, 0.2) is 11.5 Å². The van der Waals surface area contributed by atoms with Crippen LogP contribution >= 0.6 is 11.6 Å². The number of fused-ring (bicyclic) bond motifs is 1. The zero-order valence-corrected chi connectivity index (χ0v) is 16.4. The maximum atomic E-state index is 12.8. The summed E-state index contributed by atoms with van der Waals surface area (Å²) in [6, 6.07) is 16.7. The van der Waals surface area contributed by atoms with Gasteiger partial charge in [-0.1, -0.05) is 35.9 Å². The summed E-state index contributed by atoms with van der Waals surface area (Å²) in [5, 5.41) is 0.457. The van der Waals surface area contributed by atoms with E-state index in [0.717, 1.165) is 0 Å². The lowest BCUT2D eigenvalue weighted by molar-refractivity contribution is 0.174. The van der Waals surface area contributed by atoms with Crippen molar-refractivity contribution < 1.29 is 22.6 Å². The van der Waals surface area contributed by atoms with Gasteiger partial charge in [0.05, 0.1) is 22.7 Å². The van der Waals surface area contributed by atoms with E-state index in [2.05, 4.69) is 4.72 Å². The second kappa shape index (κ2) is 7.26. The maximum Gasteiger partial charge on any atom is 0.261 e. The number of methoxy groups -OCH3 is 1. The molecule has 0 spiro atoms. The molecule has 1 aliphatic rings. The van der Waals surface area contributed by atoms with Gasteiger partial charge in [-0.25, -0.2) is 8.42 Å². The molecule has 8 heteroatoms. The minimum Gasteiger partial charge on any atom is -0.495 e. The van der Waals surface area contributed by atoms with Crippen LogP contribution in [0.1, 0.15) is 0 Å². The molecule has 0 saturated carbocycles. The Labute approximate surface area is 167 Å². The first-order chi connectivity index (χ1) is 13.5. The molecule has 0 amide bonds. The summed E-state index contributed by atoms with van der Waals surface area (Å²) in [5.41, 5.74) is 1.68. The molecule has 0 aromatic heterocycles. The third kappa shape index (κ3) is 3.46. The molecule has 3 aromatic carbocycles. The highest BCUT2D eigenvalue weighted by Gasteiger charge is 2.22. The van der Waals surface area contributed by atoms with Gasteiger partial charge in [-0.15, -0.1) is 0 Å². The molecule has 0 atom stereocenters. The van der Waals surface area contributed by atoms with Crippen LogP contribution in [0, 0.1) is 0 Å². The van der Waals surface area contributed by atoms with E-state index in [9.17, 15) is 8.42 Å². The van der Waals surface area contributed by atoms with Crippen LogP contribution in [0.4, 0.5) is 5.69 Å². The van der Waals surface area contributed by atoms with E-state index < -0.39 is 10.0 Å². The summed E-state index contributed by atoms with van der Waals surface area (Å²) in [6.45, 7) is 0.0770. The number of benzene rings is 3. The van der Waals surface area contributed by atoms with Crippen molar-refractivity contribution in [3.05, 3.63) is 65.7 Å². The first-order valence-electron chi connectivity index (χ1n) is 8.33. The monoisotopic (exact) mass is 417 g/mol. The number of hydrogen-bond acceptors (Lipinski definition) is 5. The second-order valence-corrected chi connectivity index (χ2v) is 8.11. The fourth-order valence-corrected chi connectivity index (χ4v) is 4.18. The minimum atomic E-state index is -3.79. The Balaban J connectivity index is 1.83. The second-order valence-electron chi connectivity index (χ2n) is 6.02. The first-order valence-corrected chi connectivity index (χ1v) is 10.2. The smallest absolute Gasteiger partial charge is 0.261 e. The van der Waals surface area contributed by atoms with Crippen LogP contribution in [0.25, 0.3) is 11.1 Å². The number of rotatable bonds is 5. The molecule has 28 heavy (non-hydrogen) atoms. The van der Waals surface area contributed by atoms with Gasteiger partial charge < -0.3 is 14.2 Å². The Hall–Kier alpha value is -2.90. The predicted octanol–water partition coefficient (Wildman–Crippen LogP) is 4.55. The fraction of sp³-hybridized carbons (Fsp3) is 0.100. The Morgan fingerprint density at radius 2 is 1.71 bits per heavy atom. The number of nitrogens with one attached hydrogen (secondary N) is 1. The van der Waals surface area contributed by atoms with Crippen molar-refractivity contribution in [2.24, 2.45) is 0 Å². The zero-order valence-electron chi connectivity index (χ0n) is 14.8. The number of anilines is 1. The third-order valence-corrected chi connectivity index (χ3v) is 5.97. The van der Waals surface area contributed by atoms with Gasteiger partial charge in [-0.05, 0) is 35.9 Å². The van der Waals surface area contributed by atoms with E-state index in [0.29, 0.717) is 39.1 Å². The molecule has 1 N–H and O–H groups in total. The molecule has 0 fully saturated rings. The quantitative estimate of drug-likeness (QED) is 0.659. The number of hydrogen-bond donors (Lipinski definition) is 1. The molecule has 0 bridgehead atoms. The van der Waals surface area contributed by atoms with Crippen LogP contribution in [-0.4, -0.2) is 22.3 Å². The predicted molar refractivity (Wildman–Crippen MR) is 107 cm³/mol. The Bertz CT molecular complexity index is 1130. The van der Waals surface area contributed by atoms with E-state index in [4.69, 9.17) is 25.8 Å². The summed E-state index contributed by atoms with van der Waals surface area (Å²) in [5.74, 6) is 1.48.